The first-order valence-corrected chi connectivity index (χ1v) is 12.2. The minimum Gasteiger partial charge on any atom is -0.481 e. The molecule has 0 aliphatic carbocycles. The van der Waals surface area contributed by atoms with E-state index in [1.54, 1.807) is 0 Å². The summed E-state index contributed by atoms with van der Waals surface area (Å²) in [6.07, 6.45) is 4.98. The predicted molar refractivity (Wildman–Crippen MR) is 120 cm³/mol. The van der Waals surface area contributed by atoms with Crippen LogP contribution in [0.25, 0.3) is 0 Å². The topological polar surface area (TPSA) is 83.5 Å². The molecule has 0 amide bonds. The highest BCUT2D eigenvalue weighted by Crippen LogP contribution is 2.24. The summed E-state index contributed by atoms with van der Waals surface area (Å²) in [5, 5.41) is 8.78. The van der Waals surface area contributed by atoms with Crippen LogP contribution < -0.4 is 4.72 Å². The van der Waals surface area contributed by atoms with Gasteiger partial charge in [-0.15, -0.1) is 0 Å². The van der Waals surface area contributed by atoms with Crippen LogP contribution in [0.5, 0.6) is 0 Å². The maximum absolute atomic E-state index is 13.2. The highest BCUT2D eigenvalue weighted by Gasteiger charge is 2.21. The van der Waals surface area contributed by atoms with Gasteiger partial charge in [0, 0.05) is 12.5 Å². The van der Waals surface area contributed by atoms with E-state index in [9.17, 15) is 17.6 Å². The molecule has 0 aromatic heterocycles. The average Bonchev–Trinajstić information content (AvgIpc) is 2.70. The monoisotopic (exact) mass is 449 g/mol. The molecule has 2 aromatic rings. The second-order valence-corrected chi connectivity index (χ2v) is 10.0. The Morgan fingerprint density at radius 2 is 1.58 bits per heavy atom. The van der Waals surface area contributed by atoms with Crippen LogP contribution in [0.15, 0.2) is 53.4 Å². The number of hydrogen-bond acceptors (Lipinski definition) is 3. The van der Waals surface area contributed by atoms with Gasteiger partial charge in [0.2, 0.25) is 10.0 Å². The Kier molecular flexibility index (Phi) is 9.65. The number of carboxylic acid groups (broad SMARTS) is 1. The third-order valence-electron chi connectivity index (χ3n) is 5.18. The maximum Gasteiger partial charge on any atom is 0.303 e. The van der Waals surface area contributed by atoms with Gasteiger partial charge in [0.05, 0.1) is 4.90 Å². The normalized spacial score (nSPS) is 12.8. The summed E-state index contributed by atoms with van der Waals surface area (Å²) in [4.78, 5) is 10.7. The Morgan fingerprint density at radius 3 is 2.16 bits per heavy atom. The number of carboxylic acids is 1. The minimum atomic E-state index is -3.79. The van der Waals surface area contributed by atoms with Crippen LogP contribution in [0.4, 0.5) is 4.39 Å². The summed E-state index contributed by atoms with van der Waals surface area (Å²) in [5.74, 6) is -0.699. The number of carbonyl (C=O) groups is 1. The van der Waals surface area contributed by atoms with E-state index in [2.05, 4.69) is 18.6 Å². The minimum absolute atomic E-state index is 0.0337. The largest absolute Gasteiger partial charge is 0.481 e. The first kappa shape index (κ1) is 25.0. The molecule has 0 aliphatic heterocycles. The first-order chi connectivity index (χ1) is 14.7. The van der Waals surface area contributed by atoms with Crippen molar-refractivity contribution in [1.82, 2.24) is 4.72 Å². The van der Waals surface area contributed by atoms with E-state index in [1.807, 2.05) is 24.3 Å². The number of aryl methyl sites for hydroxylation is 1. The standard InChI is InChI=1S/C24H32FNO4S/c1-18(2)6-3-4-8-23(26-31(29,30)22-16-14-21(25)15-17-22)20-12-10-19(11-13-20)7-5-9-24(27)28/h10-18,23,26H,3-9H2,1-2H3,(H,27,28). The van der Waals surface area contributed by atoms with Crippen LogP contribution in [0, 0.1) is 11.7 Å². The summed E-state index contributed by atoms with van der Waals surface area (Å²) < 4.78 is 41.7. The van der Waals surface area contributed by atoms with Crippen molar-refractivity contribution >= 4 is 16.0 Å². The SMILES string of the molecule is CC(C)CCCCC(NS(=O)(=O)c1ccc(F)cc1)c1ccc(CCCC(=O)O)cc1. The van der Waals surface area contributed by atoms with Crippen molar-refractivity contribution in [2.45, 2.75) is 69.7 Å². The predicted octanol–water partition coefficient (Wildman–Crippen LogP) is 5.47. The van der Waals surface area contributed by atoms with Gasteiger partial charge >= 0.3 is 5.97 Å². The van der Waals surface area contributed by atoms with Crippen LogP contribution in [-0.2, 0) is 21.2 Å². The zero-order valence-electron chi connectivity index (χ0n) is 18.2. The number of unbranched alkanes of at least 4 members (excludes halogenated alkanes) is 1. The van der Waals surface area contributed by atoms with Crippen LogP contribution in [0.3, 0.4) is 0 Å². The van der Waals surface area contributed by atoms with E-state index in [0.717, 1.165) is 42.5 Å². The molecule has 0 saturated carbocycles. The first-order valence-electron chi connectivity index (χ1n) is 10.8. The van der Waals surface area contributed by atoms with Gasteiger partial charge in [-0.3, -0.25) is 4.79 Å². The Bertz CT molecular complexity index is 925. The van der Waals surface area contributed by atoms with Crippen molar-refractivity contribution in [2.24, 2.45) is 5.92 Å². The van der Waals surface area contributed by atoms with Crippen molar-refractivity contribution < 1.29 is 22.7 Å². The third kappa shape index (κ3) is 8.79. The molecule has 170 valence electrons. The van der Waals surface area contributed by atoms with Crippen molar-refractivity contribution in [3.05, 3.63) is 65.5 Å². The van der Waals surface area contributed by atoms with Gasteiger partial charge in [0.1, 0.15) is 5.82 Å². The number of hydrogen-bond donors (Lipinski definition) is 2. The second kappa shape index (κ2) is 12.0. The number of benzene rings is 2. The number of halogens is 1. The molecular formula is C24H32FNO4S. The second-order valence-electron chi connectivity index (χ2n) is 8.29. The highest BCUT2D eigenvalue weighted by molar-refractivity contribution is 7.89. The van der Waals surface area contributed by atoms with E-state index in [1.165, 1.54) is 12.1 Å². The van der Waals surface area contributed by atoms with Crippen LogP contribution >= 0.6 is 0 Å². The van der Waals surface area contributed by atoms with Gasteiger partial charge in [-0.1, -0.05) is 57.4 Å². The molecule has 2 N–H and O–H groups in total. The molecule has 5 nitrogen and oxygen atoms in total. The lowest BCUT2D eigenvalue weighted by Crippen LogP contribution is -2.28. The summed E-state index contributed by atoms with van der Waals surface area (Å²) in [6.45, 7) is 4.33. The lowest BCUT2D eigenvalue weighted by Gasteiger charge is -2.20. The van der Waals surface area contributed by atoms with E-state index >= 15 is 0 Å². The van der Waals surface area contributed by atoms with Crippen molar-refractivity contribution in [1.29, 1.82) is 0 Å². The lowest BCUT2D eigenvalue weighted by molar-refractivity contribution is -0.137. The fraction of sp³-hybridized carbons (Fsp3) is 0.458. The summed E-state index contributed by atoms with van der Waals surface area (Å²) in [5.41, 5.74) is 1.88. The Labute approximate surface area is 184 Å². The molecule has 2 aromatic carbocycles. The van der Waals surface area contributed by atoms with Crippen LogP contribution in [0.2, 0.25) is 0 Å². The van der Waals surface area contributed by atoms with Gasteiger partial charge in [-0.2, -0.15) is 0 Å². The van der Waals surface area contributed by atoms with E-state index in [0.29, 0.717) is 25.2 Å². The molecule has 0 heterocycles. The van der Waals surface area contributed by atoms with E-state index < -0.39 is 27.9 Å². The molecule has 1 unspecified atom stereocenters. The van der Waals surface area contributed by atoms with Gasteiger partial charge in [-0.25, -0.2) is 17.5 Å². The fourth-order valence-electron chi connectivity index (χ4n) is 3.42. The van der Waals surface area contributed by atoms with Gasteiger partial charge in [0.25, 0.3) is 0 Å². The summed E-state index contributed by atoms with van der Waals surface area (Å²) >= 11 is 0. The Hall–Kier alpha value is -2.25. The average molecular weight is 450 g/mol. The fourth-order valence-corrected chi connectivity index (χ4v) is 4.68. The number of rotatable bonds is 13. The third-order valence-corrected chi connectivity index (χ3v) is 6.67. The molecule has 0 aliphatic rings. The molecule has 0 fully saturated rings. The van der Waals surface area contributed by atoms with E-state index in [4.69, 9.17) is 5.11 Å². The molecule has 0 bridgehead atoms. The maximum atomic E-state index is 13.2. The zero-order chi connectivity index (χ0) is 22.9. The molecule has 7 heteroatoms. The smallest absolute Gasteiger partial charge is 0.303 e. The number of aliphatic carboxylic acids is 1. The Balaban J connectivity index is 2.13. The van der Waals surface area contributed by atoms with Crippen LogP contribution in [0.1, 0.15) is 69.5 Å². The summed E-state index contributed by atoms with van der Waals surface area (Å²) in [7, 11) is -3.79. The number of sulfonamides is 1. The quantitative estimate of drug-likeness (QED) is 0.397. The molecule has 0 radical (unpaired) electrons. The molecule has 31 heavy (non-hydrogen) atoms. The van der Waals surface area contributed by atoms with Gasteiger partial charge in [0.15, 0.2) is 0 Å². The molecule has 0 saturated heterocycles. The van der Waals surface area contributed by atoms with Gasteiger partial charge < -0.3 is 5.11 Å². The lowest BCUT2D eigenvalue weighted by atomic mass is 9.97. The van der Waals surface area contributed by atoms with Crippen molar-refractivity contribution in [3.63, 3.8) is 0 Å². The highest BCUT2D eigenvalue weighted by atomic mass is 32.2. The number of nitrogens with one attached hydrogen (secondary N) is 1. The molecule has 1 atom stereocenters. The van der Waals surface area contributed by atoms with Crippen molar-refractivity contribution in [2.75, 3.05) is 0 Å². The molecule has 0 spiro atoms. The van der Waals surface area contributed by atoms with Gasteiger partial charge in [-0.05, 0) is 60.6 Å². The Morgan fingerprint density at radius 1 is 0.968 bits per heavy atom. The zero-order valence-corrected chi connectivity index (χ0v) is 19.0. The van der Waals surface area contributed by atoms with Crippen LogP contribution in [-0.4, -0.2) is 19.5 Å². The molecule has 2 rings (SSSR count). The molecular weight excluding hydrogens is 417 g/mol. The van der Waals surface area contributed by atoms with E-state index in [-0.39, 0.29) is 11.3 Å². The summed E-state index contributed by atoms with van der Waals surface area (Å²) in [6, 6.07) is 12.0. The van der Waals surface area contributed by atoms with Crippen molar-refractivity contribution in [3.8, 4) is 0 Å².